The van der Waals surface area contributed by atoms with Gasteiger partial charge in [0.05, 0.1) is 12.6 Å². The van der Waals surface area contributed by atoms with Crippen LogP contribution in [0.5, 0.6) is 0 Å². The minimum atomic E-state index is 0. The zero-order chi connectivity index (χ0) is 24.3. The molecule has 2 aliphatic carbocycles. The number of piperazine rings is 1. The number of piperidine rings is 1. The van der Waals surface area contributed by atoms with Crippen molar-refractivity contribution in [2.24, 2.45) is 5.41 Å². The second-order valence-corrected chi connectivity index (χ2v) is 11.4. The summed E-state index contributed by atoms with van der Waals surface area (Å²) < 4.78 is 5.61. The molecule has 0 amide bonds. The summed E-state index contributed by atoms with van der Waals surface area (Å²) in [6.45, 7) is 8.67. The molecule has 0 bridgehead atoms. The molecule has 0 N–H and O–H groups in total. The van der Waals surface area contributed by atoms with Gasteiger partial charge in [-0.3, -0.25) is 9.69 Å². The topological polar surface area (TPSA) is 36.0 Å². The summed E-state index contributed by atoms with van der Waals surface area (Å²) in [6, 6.07) is 7.23. The smallest absolute Gasteiger partial charge is 0.146 e. The number of carbonyl (C=O) groups is 1. The molecular weight excluding hydrogens is 470 g/mol. The SMILES string of the molecule is CCC(=O)CN1CCN(c2ccc(N3CCC(OC)CC3)cc2C2=CCC3(CCCC3)CC2)CC1.Cl. The van der Waals surface area contributed by atoms with E-state index in [0.717, 1.165) is 52.1 Å². The van der Waals surface area contributed by atoms with Crippen molar-refractivity contribution in [3.8, 4) is 0 Å². The minimum Gasteiger partial charge on any atom is -0.381 e. The highest BCUT2D eigenvalue weighted by molar-refractivity contribution is 5.85. The Morgan fingerprint density at radius 2 is 1.72 bits per heavy atom. The maximum absolute atomic E-state index is 12.0. The van der Waals surface area contributed by atoms with Gasteiger partial charge in [0.15, 0.2) is 0 Å². The molecule has 1 aromatic carbocycles. The molecule has 6 heteroatoms. The van der Waals surface area contributed by atoms with Crippen LogP contribution in [0.15, 0.2) is 24.3 Å². The fourth-order valence-corrected chi connectivity index (χ4v) is 6.88. The van der Waals surface area contributed by atoms with Crippen LogP contribution in [0.1, 0.15) is 76.7 Å². The van der Waals surface area contributed by atoms with Crippen molar-refractivity contribution < 1.29 is 9.53 Å². The summed E-state index contributed by atoms with van der Waals surface area (Å²) >= 11 is 0. The first-order valence-electron chi connectivity index (χ1n) is 14.2. The second-order valence-electron chi connectivity index (χ2n) is 11.4. The van der Waals surface area contributed by atoms with Crippen LogP contribution in [0.4, 0.5) is 11.4 Å². The van der Waals surface area contributed by atoms with E-state index in [1.54, 1.807) is 5.57 Å². The van der Waals surface area contributed by atoms with Crippen molar-refractivity contribution in [2.75, 3.05) is 62.7 Å². The number of hydrogen-bond acceptors (Lipinski definition) is 5. The zero-order valence-corrected chi connectivity index (χ0v) is 23.3. The van der Waals surface area contributed by atoms with Crippen LogP contribution >= 0.6 is 12.4 Å². The number of hydrogen-bond donors (Lipinski definition) is 0. The lowest BCUT2D eigenvalue weighted by Crippen LogP contribution is -2.48. The molecule has 2 aliphatic heterocycles. The third-order valence-corrected chi connectivity index (χ3v) is 9.34. The van der Waals surface area contributed by atoms with E-state index < -0.39 is 0 Å². The van der Waals surface area contributed by atoms with Crippen LogP contribution in [-0.2, 0) is 9.53 Å². The van der Waals surface area contributed by atoms with Crippen LogP contribution in [0.2, 0.25) is 0 Å². The number of ether oxygens (including phenoxy) is 1. The van der Waals surface area contributed by atoms with Crippen molar-refractivity contribution in [2.45, 2.75) is 77.2 Å². The number of rotatable bonds is 7. The summed E-state index contributed by atoms with van der Waals surface area (Å²) in [5, 5.41) is 0. The molecule has 200 valence electrons. The lowest BCUT2D eigenvalue weighted by Gasteiger charge is -2.39. The Bertz CT molecular complexity index is 911. The molecule has 5 rings (SSSR count). The van der Waals surface area contributed by atoms with Crippen molar-refractivity contribution in [1.82, 2.24) is 4.90 Å². The molecule has 2 heterocycles. The fourth-order valence-electron chi connectivity index (χ4n) is 6.88. The standard InChI is InChI=1S/C30H45N3O2.ClH/c1-3-26(34)23-31-18-20-33(21-19-31)29-7-6-25(32-16-10-27(35-2)11-17-32)22-28(29)24-8-14-30(15-9-24)12-4-5-13-30;/h6-8,22,27H,3-5,9-21,23H2,1-2H3;1H. The van der Waals surface area contributed by atoms with Crippen molar-refractivity contribution in [3.63, 3.8) is 0 Å². The molecule has 0 radical (unpaired) electrons. The number of anilines is 2. The van der Waals surface area contributed by atoms with Gasteiger partial charge in [-0.15, -0.1) is 12.4 Å². The Hall–Kier alpha value is -1.56. The number of methoxy groups -OCH3 is 1. The summed E-state index contributed by atoms with van der Waals surface area (Å²) in [5.74, 6) is 0.355. The van der Waals surface area contributed by atoms with Crippen LogP contribution in [0.25, 0.3) is 5.57 Å². The number of ketones is 1. The Balaban J connectivity index is 0.00000304. The lowest BCUT2D eigenvalue weighted by molar-refractivity contribution is -0.119. The molecule has 0 atom stereocenters. The van der Waals surface area contributed by atoms with Gasteiger partial charge in [-0.05, 0) is 74.1 Å². The normalized spacial score (nSPS) is 23.0. The van der Waals surface area contributed by atoms with E-state index in [2.05, 4.69) is 39.0 Å². The Morgan fingerprint density at radius 3 is 2.33 bits per heavy atom. The van der Waals surface area contributed by atoms with Crippen molar-refractivity contribution >= 4 is 35.1 Å². The molecule has 36 heavy (non-hydrogen) atoms. The molecule has 1 aromatic rings. The van der Waals surface area contributed by atoms with E-state index in [4.69, 9.17) is 4.74 Å². The quantitative estimate of drug-likeness (QED) is 0.448. The van der Waals surface area contributed by atoms with Gasteiger partial charge in [-0.1, -0.05) is 25.8 Å². The van der Waals surface area contributed by atoms with Gasteiger partial charge in [-0.2, -0.15) is 0 Å². The van der Waals surface area contributed by atoms with Crippen LogP contribution in [0.3, 0.4) is 0 Å². The molecule has 3 fully saturated rings. The average molecular weight is 516 g/mol. The number of carbonyl (C=O) groups excluding carboxylic acids is 1. The molecule has 1 saturated carbocycles. The van der Waals surface area contributed by atoms with E-state index in [-0.39, 0.29) is 12.4 Å². The predicted octanol–water partition coefficient (Wildman–Crippen LogP) is 5.95. The van der Waals surface area contributed by atoms with Crippen LogP contribution < -0.4 is 9.80 Å². The average Bonchev–Trinajstić information content (AvgIpc) is 3.37. The van der Waals surface area contributed by atoms with E-state index >= 15 is 0 Å². The Labute approximate surface area is 224 Å². The summed E-state index contributed by atoms with van der Waals surface area (Å²) in [7, 11) is 1.85. The largest absolute Gasteiger partial charge is 0.381 e. The van der Waals surface area contributed by atoms with Crippen LogP contribution in [0, 0.1) is 5.41 Å². The minimum absolute atomic E-state index is 0. The van der Waals surface area contributed by atoms with E-state index in [9.17, 15) is 4.79 Å². The molecular formula is C30H46ClN3O2. The van der Waals surface area contributed by atoms with E-state index in [1.807, 2.05) is 14.0 Å². The molecule has 0 aromatic heterocycles. The molecule has 5 nitrogen and oxygen atoms in total. The third kappa shape index (κ3) is 6.11. The highest BCUT2D eigenvalue weighted by Crippen LogP contribution is 2.50. The maximum atomic E-state index is 12.0. The number of allylic oxidation sites excluding steroid dienone is 2. The highest BCUT2D eigenvalue weighted by Gasteiger charge is 2.35. The van der Waals surface area contributed by atoms with Gasteiger partial charge in [0.2, 0.25) is 0 Å². The zero-order valence-electron chi connectivity index (χ0n) is 22.5. The van der Waals surface area contributed by atoms with Gasteiger partial charge < -0.3 is 14.5 Å². The number of benzene rings is 1. The third-order valence-electron chi connectivity index (χ3n) is 9.34. The van der Waals surface area contributed by atoms with E-state index in [0.29, 0.717) is 30.3 Å². The molecule has 4 aliphatic rings. The van der Waals surface area contributed by atoms with Gasteiger partial charge in [0.1, 0.15) is 5.78 Å². The first-order valence-corrected chi connectivity index (χ1v) is 14.2. The number of halogens is 1. The molecule has 2 saturated heterocycles. The maximum Gasteiger partial charge on any atom is 0.146 e. The van der Waals surface area contributed by atoms with Gasteiger partial charge in [0.25, 0.3) is 0 Å². The summed E-state index contributed by atoms with van der Waals surface area (Å²) in [5.41, 5.74) is 6.39. The first-order chi connectivity index (χ1) is 17.1. The van der Waals surface area contributed by atoms with Gasteiger partial charge in [0, 0.05) is 69.7 Å². The molecule has 1 spiro atoms. The first kappa shape index (κ1) is 27.5. The van der Waals surface area contributed by atoms with Crippen molar-refractivity contribution in [1.29, 1.82) is 0 Å². The monoisotopic (exact) mass is 515 g/mol. The lowest BCUT2D eigenvalue weighted by atomic mass is 9.72. The predicted molar refractivity (Wildman–Crippen MR) is 153 cm³/mol. The second kappa shape index (κ2) is 12.3. The van der Waals surface area contributed by atoms with Crippen molar-refractivity contribution in [3.05, 3.63) is 29.8 Å². The van der Waals surface area contributed by atoms with Gasteiger partial charge >= 0.3 is 0 Å². The van der Waals surface area contributed by atoms with Gasteiger partial charge in [-0.25, -0.2) is 0 Å². The fraction of sp³-hybridized carbons (Fsp3) is 0.700. The summed E-state index contributed by atoms with van der Waals surface area (Å²) in [6.07, 6.45) is 15.4. The number of Topliss-reactive ketones (excluding diaryl/α,β-unsaturated/α-hetero) is 1. The van der Waals surface area contributed by atoms with E-state index in [1.165, 1.54) is 61.9 Å². The number of nitrogens with zero attached hydrogens (tertiary/aromatic N) is 3. The highest BCUT2D eigenvalue weighted by atomic mass is 35.5. The summed E-state index contributed by atoms with van der Waals surface area (Å²) in [4.78, 5) is 19.4. The Morgan fingerprint density at radius 1 is 1.00 bits per heavy atom. The Kier molecular flexibility index (Phi) is 9.40. The van der Waals surface area contributed by atoms with Crippen LogP contribution in [-0.4, -0.2) is 69.7 Å². The molecule has 0 unspecified atom stereocenters.